The van der Waals surface area contributed by atoms with Gasteiger partial charge in [0.2, 0.25) is 0 Å². The maximum Gasteiger partial charge on any atom is 0.178 e. The normalized spacial score (nSPS) is 57.6. The summed E-state index contributed by atoms with van der Waals surface area (Å²) < 4.78 is 0. The van der Waals surface area contributed by atoms with Gasteiger partial charge in [0.05, 0.1) is 11.7 Å². The highest BCUT2D eigenvalue weighted by molar-refractivity contribution is 6.01. The first-order chi connectivity index (χ1) is 11.5. The quantitative estimate of drug-likeness (QED) is 0.705. The second kappa shape index (κ2) is 4.86. The average Bonchev–Trinajstić information content (AvgIpc) is 2.70. The number of rotatable bonds is 0. The van der Waals surface area contributed by atoms with Gasteiger partial charge in [-0.1, -0.05) is 39.3 Å². The van der Waals surface area contributed by atoms with E-state index < -0.39 is 11.7 Å². The Morgan fingerprint density at radius 2 is 1.84 bits per heavy atom. The average molecular weight is 344 g/mol. The van der Waals surface area contributed by atoms with E-state index in [-0.39, 0.29) is 27.9 Å². The van der Waals surface area contributed by atoms with Crippen LogP contribution in [0.1, 0.15) is 60.3 Å². The molecule has 0 aromatic rings. The first-order valence-electron chi connectivity index (χ1n) is 9.83. The van der Waals surface area contributed by atoms with Gasteiger partial charge >= 0.3 is 0 Å². The first kappa shape index (κ1) is 17.5. The van der Waals surface area contributed by atoms with Crippen LogP contribution in [0.5, 0.6) is 0 Å². The van der Waals surface area contributed by atoms with Crippen LogP contribution in [0.25, 0.3) is 0 Å². The topological polar surface area (TPSA) is 57.5 Å². The van der Waals surface area contributed by atoms with E-state index in [9.17, 15) is 15.0 Å². The lowest BCUT2D eigenvalue weighted by molar-refractivity contribution is -0.203. The van der Waals surface area contributed by atoms with Crippen molar-refractivity contribution in [3.8, 4) is 0 Å². The van der Waals surface area contributed by atoms with Crippen molar-refractivity contribution in [1.29, 1.82) is 0 Å². The van der Waals surface area contributed by atoms with Gasteiger partial charge in [0.15, 0.2) is 5.78 Å². The Labute approximate surface area is 151 Å². The highest BCUT2D eigenvalue weighted by atomic mass is 16.3. The molecule has 3 nitrogen and oxygen atoms in total. The molecular weight excluding hydrogens is 312 g/mol. The lowest BCUT2D eigenvalue weighted by Gasteiger charge is -2.65. The fourth-order valence-electron chi connectivity index (χ4n) is 7.18. The Bertz CT molecular complexity index is 689. The summed E-state index contributed by atoms with van der Waals surface area (Å²) >= 11 is 0. The second-order valence-corrected chi connectivity index (χ2v) is 10.1. The maximum absolute atomic E-state index is 11.9. The summed E-state index contributed by atoms with van der Waals surface area (Å²) in [6, 6.07) is 0. The highest BCUT2D eigenvalue weighted by Gasteiger charge is 2.70. The standard InChI is InChI=1S/C22H32O3/c1-13-10-17-16-7-6-14-11-15(23)8-9-19(14,2)21(16,4)18(24)12-20(17,3)22(13,5)25/h8-9,11,13,16-18,24-25H,6-7,10,12H2,1-5H3/t13?,16?,17?,18?,19?,20?,21?,22-/m1/s1. The Kier molecular flexibility index (Phi) is 3.40. The van der Waals surface area contributed by atoms with Crippen molar-refractivity contribution >= 4 is 5.78 Å². The molecule has 4 aliphatic rings. The Hall–Kier alpha value is -0.930. The third-order valence-corrected chi connectivity index (χ3v) is 9.52. The minimum absolute atomic E-state index is 0.0714. The van der Waals surface area contributed by atoms with Crippen LogP contribution in [0, 0.1) is 34.0 Å². The molecule has 3 saturated carbocycles. The number of carbonyl (C=O) groups excluding carboxylic acids is 1. The minimum atomic E-state index is -0.741. The summed E-state index contributed by atoms with van der Waals surface area (Å²) in [4.78, 5) is 11.9. The molecule has 25 heavy (non-hydrogen) atoms. The smallest absolute Gasteiger partial charge is 0.178 e. The number of allylic oxidation sites excluding steroid dienone is 4. The van der Waals surface area contributed by atoms with Crippen LogP contribution in [0.2, 0.25) is 0 Å². The van der Waals surface area contributed by atoms with Crippen LogP contribution in [-0.4, -0.2) is 27.7 Å². The van der Waals surface area contributed by atoms with Crippen molar-refractivity contribution in [2.45, 2.75) is 72.0 Å². The molecule has 0 aromatic heterocycles. The van der Waals surface area contributed by atoms with Crippen molar-refractivity contribution in [2.75, 3.05) is 0 Å². The number of hydrogen-bond donors (Lipinski definition) is 2. The Morgan fingerprint density at radius 1 is 1.16 bits per heavy atom. The minimum Gasteiger partial charge on any atom is -0.392 e. The van der Waals surface area contributed by atoms with Gasteiger partial charge in [-0.3, -0.25) is 4.79 Å². The summed E-state index contributed by atoms with van der Waals surface area (Å²) in [5.74, 6) is 1.08. The summed E-state index contributed by atoms with van der Waals surface area (Å²) in [5, 5.41) is 22.7. The van der Waals surface area contributed by atoms with Crippen LogP contribution < -0.4 is 0 Å². The summed E-state index contributed by atoms with van der Waals surface area (Å²) in [6.07, 6.45) is 8.63. The van der Waals surface area contributed by atoms with E-state index in [2.05, 4.69) is 33.8 Å². The van der Waals surface area contributed by atoms with E-state index in [4.69, 9.17) is 0 Å². The zero-order chi connectivity index (χ0) is 18.4. The fourth-order valence-corrected chi connectivity index (χ4v) is 7.18. The highest BCUT2D eigenvalue weighted by Crippen LogP contribution is 2.72. The van der Waals surface area contributed by atoms with Gasteiger partial charge in [0.1, 0.15) is 0 Å². The van der Waals surface area contributed by atoms with E-state index in [1.807, 2.05) is 6.92 Å². The van der Waals surface area contributed by atoms with Gasteiger partial charge in [0, 0.05) is 16.2 Å². The van der Waals surface area contributed by atoms with Crippen molar-refractivity contribution in [3.63, 3.8) is 0 Å². The molecule has 0 radical (unpaired) electrons. The molecule has 3 heteroatoms. The van der Waals surface area contributed by atoms with Gasteiger partial charge in [-0.05, 0) is 62.5 Å². The number of carbonyl (C=O) groups is 1. The van der Waals surface area contributed by atoms with Crippen LogP contribution in [0.3, 0.4) is 0 Å². The number of aliphatic hydroxyl groups excluding tert-OH is 1. The molecule has 0 bridgehead atoms. The lowest BCUT2D eigenvalue weighted by Crippen LogP contribution is -2.64. The SMILES string of the molecule is CC1CC2C3CCC4=CC(=O)C=CC4(C)C3(C)C(O)CC2(C)[C@]1(C)O. The fraction of sp³-hybridized carbons (Fsp3) is 0.773. The molecule has 138 valence electrons. The summed E-state index contributed by atoms with van der Waals surface area (Å²) in [7, 11) is 0. The van der Waals surface area contributed by atoms with E-state index in [1.54, 1.807) is 12.2 Å². The van der Waals surface area contributed by atoms with Gasteiger partial charge in [-0.2, -0.15) is 0 Å². The molecule has 4 aliphatic carbocycles. The first-order valence-corrected chi connectivity index (χ1v) is 9.83. The number of ketones is 1. The van der Waals surface area contributed by atoms with Crippen molar-refractivity contribution in [2.24, 2.45) is 34.0 Å². The maximum atomic E-state index is 11.9. The number of aliphatic hydroxyl groups is 2. The zero-order valence-electron chi connectivity index (χ0n) is 16.2. The predicted molar refractivity (Wildman–Crippen MR) is 97.8 cm³/mol. The van der Waals surface area contributed by atoms with Gasteiger partial charge < -0.3 is 10.2 Å². The summed E-state index contributed by atoms with van der Waals surface area (Å²) in [6.45, 7) is 10.8. The summed E-state index contributed by atoms with van der Waals surface area (Å²) in [5.41, 5.74) is -0.378. The van der Waals surface area contributed by atoms with E-state index in [1.165, 1.54) is 5.57 Å². The van der Waals surface area contributed by atoms with E-state index in [0.29, 0.717) is 18.3 Å². The van der Waals surface area contributed by atoms with Crippen molar-refractivity contribution in [1.82, 2.24) is 0 Å². The Morgan fingerprint density at radius 3 is 2.52 bits per heavy atom. The van der Waals surface area contributed by atoms with Gasteiger partial charge in [-0.25, -0.2) is 0 Å². The third-order valence-electron chi connectivity index (χ3n) is 9.52. The number of fused-ring (bicyclic) bond motifs is 5. The molecular formula is C22H32O3. The van der Waals surface area contributed by atoms with E-state index in [0.717, 1.165) is 19.3 Å². The molecule has 2 N–H and O–H groups in total. The lowest BCUT2D eigenvalue weighted by atomic mass is 9.40. The third kappa shape index (κ3) is 1.82. The molecule has 7 unspecified atom stereocenters. The zero-order valence-corrected chi connectivity index (χ0v) is 16.2. The second-order valence-electron chi connectivity index (χ2n) is 10.1. The molecule has 0 saturated heterocycles. The largest absolute Gasteiger partial charge is 0.392 e. The number of hydrogen-bond acceptors (Lipinski definition) is 3. The molecule has 0 amide bonds. The van der Waals surface area contributed by atoms with Crippen molar-refractivity contribution in [3.05, 3.63) is 23.8 Å². The van der Waals surface area contributed by atoms with Crippen LogP contribution in [0.4, 0.5) is 0 Å². The van der Waals surface area contributed by atoms with Gasteiger partial charge in [0.25, 0.3) is 0 Å². The van der Waals surface area contributed by atoms with Crippen LogP contribution in [-0.2, 0) is 4.79 Å². The van der Waals surface area contributed by atoms with Crippen LogP contribution >= 0.6 is 0 Å². The van der Waals surface area contributed by atoms with E-state index >= 15 is 0 Å². The monoisotopic (exact) mass is 344 g/mol. The van der Waals surface area contributed by atoms with Gasteiger partial charge in [-0.15, -0.1) is 0 Å². The molecule has 8 atom stereocenters. The molecule has 0 aliphatic heterocycles. The molecule has 4 rings (SSSR count). The Balaban J connectivity index is 1.84. The van der Waals surface area contributed by atoms with Crippen molar-refractivity contribution < 1.29 is 15.0 Å². The van der Waals surface area contributed by atoms with Crippen LogP contribution in [0.15, 0.2) is 23.8 Å². The molecule has 0 heterocycles. The molecule has 0 spiro atoms. The molecule has 3 fully saturated rings. The predicted octanol–water partition coefficient (Wildman–Crippen LogP) is 3.65. The molecule has 0 aromatic carbocycles.